The van der Waals surface area contributed by atoms with Crippen molar-refractivity contribution in [3.63, 3.8) is 0 Å². The van der Waals surface area contributed by atoms with Crippen LogP contribution in [0.25, 0.3) is 0 Å². The molecule has 1 N–H and O–H groups in total. The Bertz CT molecular complexity index is 343. The van der Waals surface area contributed by atoms with Crippen molar-refractivity contribution in [1.82, 2.24) is 9.80 Å². The molecule has 2 rings (SSSR count). The topological polar surface area (TPSA) is 62.2 Å². The van der Waals surface area contributed by atoms with Crippen molar-refractivity contribution in [3.05, 3.63) is 0 Å². The van der Waals surface area contributed by atoms with Crippen molar-refractivity contribution < 1.29 is 19.4 Å². The maximum Gasteiger partial charge on any atom is 0.236 e. The molecule has 0 bridgehead atoms. The molecular formula is C15H28N2O4. The van der Waals surface area contributed by atoms with Gasteiger partial charge in [-0.15, -0.1) is 0 Å². The summed E-state index contributed by atoms with van der Waals surface area (Å²) in [4.78, 5) is 16.1. The number of amides is 1. The molecule has 0 radical (unpaired) electrons. The van der Waals surface area contributed by atoms with Crippen LogP contribution in [0, 0.1) is 0 Å². The Morgan fingerprint density at radius 1 is 1.48 bits per heavy atom. The lowest BCUT2D eigenvalue weighted by Crippen LogP contribution is -2.56. The number of ether oxygens (including phenoxy) is 2. The van der Waals surface area contributed by atoms with Crippen LogP contribution >= 0.6 is 0 Å². The zero-order chi connectivity index (χ0) is 15.3. The predicted molar refractivity (Wildman–Crippen MR) is 79.1 cm³/mol. The largest absolute Gasteiger partial charge is 0.390 e. The molecule has 6 heteroatoms. The number of rotatable bonds is 5. The van der Waals surface area contributed by atoms with Gasteiger partial charge in [0.25, 0.3) is 0 Å². The quantitative estimate of drug-likeness (QED) is 0.780. The maximum atomic E-state index is 12.3. The van der Waals surface area contributed by atoms with Gasteiger partial charge in [-0.25, -0.2) is 0 Å². The number of hydrogen-bond donors (Lipinski definition) is 1. The minimum Gasteiger partial charge on any atom is -0.390 e. The molecule has 0 aromatic heterocycles. The third-order valence-electron chi connectivity index (χ3n) is 4.66. The summed E-state index contributed by atoms with van der Waals surface area (Å²) in [6.45, 7) is 3.88. The van der Waals surface area contributed by atoms with Crippen LogP contribution in [0.5, 0.6) is 0 Å². The van der Waals surface area contributed by atoms with Crippen LogP contribution in [0.15, 0.2) is 0 Å². The van der Waals surface area contributed by atoms with Crippen molar-refractivity contribution in [3.8, 4) is 0 Å². The minimum absolute atomic E-state index is 0.147. The van der Waals surface area contributed by atoms with Gasteiger partial charge < -0.3 is 19.5 Å². The minimum atomic E-state index is -0.406. The molecule has 1 atom stereocenters. The van der Waals surface area contributed by atoms with E-state index in [0.717, 1.165) is 38.8 Å². The average Bonchev–Trinajstić information content (AvgIpc) is 2.49. The number of aliphatic hydroxyl groups is 1. The second-order valence-electron chi connectivity index (χ2n) is 6.18. The Balaban J connectivity index is 1.79. The predicted octanol–water partition coefficient (Wildman–Crippen LogP) is 0.0971. The van der Waals surface area contributed by atoms with E-state index >= 15 is 0 Å². The van der Waals surface area contributed by atoms with E-state index in [2.05, 4.69) is 0 Å². The van der Waals surface area contributed by atoms with E-state index < -0.39 is 5.60 Å². The monoisotopic (exact) mass is 300 g/mol. The first-order chi connectivity index (χ1) is 10.1. The Morgan fingerprint density at radius 3 is 2.81 bits per heavy atom. The number of aliphatic hydroxyl groups excluding tert-OH is 1. The number of piperidine rings is 1. The summed E-state index contributed by atoms with van der Waals surface area (Å²) in [6.07, 6.45) is 2.83. The van der Waals surface area contributed by atoms with Gasteiger partial charge in [-0.2, -0.15) is 0 Å². The summed E-state index contributed by atoms with van der Waals surface area (Å²) < 4.78 is 10.9. The molecule has 0 aromatic rings. The molecule has 1 spiro atoms. The highest BCUT2D eigenvalue weighted by molar-refractivity contribution is 5.78. The maximum absolute atomic E-state index is 12.3. The molecule has 0 aromatic carbocycles. The molecule has 2 saturated heterocycles. The highest BCUT2D eigenvalue weighted by Crippen LogP contribution is 2.35. The molecular weight excluding hydrogens is 272 g/mol. The van der Waals surface area contributed by atoms with Crippen LogP contribution in [0.2, 0.25) is 0 Å². The van der Waals surface area contributed by atoms with Gasteiger partial charge in [-0.05, 0) is 32.7 Å². The van der Waals surface area contributed by atoms with Gasteiger partial charge in [-0.1, -0.05) is 0 Å². The zero-order valence-corrected chi connectivity index (χ0v) is 13.2. The van der Waals surface area contributed by atoms with Crippen LogP contribution in [0.4, 0.5) is 0 Å². The summed E-state index contributed by atoms with van der Waals surface area (Å²) in [5.41, 5.74) is -0.406. The number of nitrogens with zero attached hydrogens (tertiary/aromatic N) is 2. The van der Waals surface area contributed by atoms with Crippen molar-refractivity contribution in [2.75, 3.05) is 53.6 Å². The lowest BCUT2D eigenvalue weighted by atomic mass is 9.82. The van der Waals surface area contributed by atoms with Gasteiger partial charge in [0.1, 0.15) is 0 Å². The van der Waals surface area contributed by atoms with E-state index in [1.165, 1.54) is 0 Å². The van der Waals surface area contributed by atoms with Crippen LogP contribution in [0.3, 0.4) is 0 Å². The fourth-order valence-electron chi connectivity index (χ4n) is 3.18. The SMILES string of the molecule is COCCN(C)CC(=O)N1CCC2(CC1)OCCCC2O. The van der Waals surface area contributed by atoms with E-state index in [1.807, 2.05) is 16.8 Å². The van der Waals surface area contributed by atoms with Gasteiger partial charge in [0.15, 0.2) is 0 Å². The van der Waals surface area contributed by atoms with E-state index in [0.29, 0.717) is 26.2 Å². The first-order valence-electron chi connectivity index (χ1n) is 7.85. The lowest BCUT2D eigenvalue weighted by molar-refractivity contribution is -0.179. The Hall–Kier alpha value is -0.690. The lowest BCUT2D eigenvalue weighted by Gasteiger charge is -2.46. The number of hydrogen-bond acceptors (Lipinski definition) is 5. The summed E-state index contributed by atoms with van der Waals surface area (Å²) in [5, 5.41) is 10.2. The van der Waals surface area contributed by atoms with E-state index in [-0.39, 0.29) is 12.0 Å². The fraction of sp³-hybridized carbons (Fsp3) is 0.933. The van der Waals surface area contributed by atoms with Crippen molar-refractivity contribution in [2.24, 2.45) is 0 Å². The van der Waals surface area contributed by atoms with Crippen LogP contribution in [0.1, 0.15) is 25.7 Å². The van der Waals surface area contributed by atoms with Crippen LogP contribution in [-0.4, -0.2) is 86.1 Å². The summed E-state index contributed by atoms with van der Waals surface area (Å²) in [6, 6.07) is 0. The molecule has 122 valence electrons. The highest BCUT2D eigenvalue weighted by atomic mass is 16.5. The molecule has 21 heavy (non-hydrogen) atoms. The Labute approximate surface area is 127 Å². The Kier molecular flexibility index (Phi) is 5.98. The molecule has 1 unspecified atom stereocenters. The van der Waals surface area contributed by atoms with E-state index in [1.54, 1.807) is 7.11 Å². The van der Waals surface area contributed by atoms with Crippen molar-refractivity contribution >= 4 is 5.91 Å². The summed E-state index contributed by atoms with van der Waals surface area (Å²) in [7, 11) is 3.59. The second kappa shape index (κ2) is 7.54. The van der Waals surface area contributed by atoms with Gasteiger partial charge >= 0.3 is 0 Å². The molecule has 0 aliphatic carbocycles. The molecule has 0 saturated carbocycles. The molecule has 2 fully saturated rings. The zero-order valence-electron chi connectivity index (χ0n) is 13.2. The van der Waals surface area contributed by atoms with Gasteiger partial charge in [0.2, 0.25) is 5.91 Å². The fourth-order valence-corrected chi connectivity index (χ4v) is 3.18. The number of carbonyl (C=O) groups is 1. The Morgan fingerprint density at radius 2 is 2.19 bits per heavy atom. The summed E-state index contributed by atoms with van der Waals surface area (Å²) >= 11 is 0. The van der Waals surface area contributed by atoms with Crippen LogP contribution < -0.4 is 0 Å². The van der Waals surface area contributed by atoms with Gasteiger partial charge in [0.05, 0.1) is 24.9 Å². The highest BCUT2D eigenvalue weighted by Gasteiger charge is 2.44. The molecule has 2 aliphatic heterocycles. The van der Waals surface area contributed by atoms with Gasteiger partial charge in [-0.3, -0.25) is 9.69 Å². The molecule has 1 amide bonds. The molecule has 2 heterocycles. The van der Waals surface area contributed by atoms with Crippen molar-refractivity contribution in [1.29, 1.82) is 0 Å². The van der Waals surface area contributed by atoms with Crippen LogP contribution in [-0.2, 0) is 14.3 Å². The average molecular weight is 300 g/mol. The number of likely N-dealkylation sites (tertiary alicyclic amines) is 1. The summed E-state index contributed by atoms with van der Waals surface area (Å²) in [5.74, 6) is 0.147. The van der Waals surface area contributed by atoms with Gasteiger partial charge in [0, 0.05) is 33.4 Å². The molecule has 6 nitrogen and oxygen atoms in total. The first kappa shape index (κ1) is 16.7. The normalized spacial score (nSPS) is 25.5. The third kappa shape index (κ3) is 4.16. The van der Waals surface area contributed by atoms with E-state index in [9.17, 15) is 9.90 Å². The smallest absolute Gasteiger partial charge is 0.236 e. The first-order valence-corrected chi connectivity index (χ1v) is 7.85. The second-order valence-corrected chi connectivity index (χ2v) is 6.18. The molecule has 2 aliphatic rings. The van der Waals surface area contributed by atoms with E-state index in [4.69, 9.17) is 9.47 Å². The standard InChI is InChI=1S/C15H28N2O4/c1-16(9-11-20-2)12-14(19)17-7-5-15(6-8-17)13(18)4-3-10-21-15/h13,18H,3-12H2,1-2H3. The third-order valence-corrected chi connectivity index (χ3v) is 4.66. The number of carbonyl (C=O) groups excluding carboxylic acids is 1. The number of likely N-dealkylation sites (N-methyl/N-ethyl adjacent to an activating group) is 1. The van der Waals surface area contributed by atoms with Crippen molar-refractivity contribution in [2.45, 2.75) is 37.4 Å². The number of methoxy groups -OCH3 is 1.